The number of nitrogens with zero attached hydrogens (tertiary/aromatic N) is 2. The maximum absolute atomic E-state index is 12.8. The minimum Gasteiger partial charge on any atom is -0.463 e. The molecule has 1 amide bonds. The number of carbonyl (C=O) groups excluding carboxylic acids is 1. The highest BCUT2D eigenvalue weighted by Crippen LogP contribution is 2.30. The summed E-state index contributed by atoms with van der Waals surface area (Å²) in [7, 11) is 0. The quantitative estimate of drug-likeness (QED) is 0.655. The molecule has 3 rings (SSSR count). The van der Waals surface area contributed by atoms with Crippen molar-refractivity contribution in [2.75, 3.05) is 5.32 Å². The van der Waals surface area contributed by atoms with Crippen LogP contribution in [0.4, 0.5) is 18.9 Å². The zero-order valence-electron chi connectivity index (χ0n) is 17.0. The minimum absolute atomic E-state index is 0.0108. The van der Waals surface area contributed by atoms with E-state index in [1.54, 1.807) is 12.1 Å². The van der Waals surface area contributed by atoms with Gasteiger partial charge in [0.1, 0.15) is 0 Å². The van der Waals surface area contributed by atoms with E-state index in [2.05, 4.69) is 10.4 Å². The molecule has 0 aliphatic rings. The first-order chi connectivity index (χ1) is 14.5. The zero-order chi connectivity index (χ0) is 22.8. The molecule has 1 heterocycles. The first-order valence-corrected chi connectivity index (χ1v) is 9.37. The number of carbonyl (C=O) groups is 1. The van der Waals surface area contributed by atoms with Crippen molar-refractivity contribution in [1.29, 1.82) is 0 Å². The molecular weight excluding hydrogens is 411 g/mol. The molecule has 0 spiro atoms. The number of halogens is 3. The fourth-order valence-corrected chi connectivity index (χ4v) is 2.75. The van der Waals surface area contributed by atoms with Crippen molar-refractivity contribution in [3.05, 3.63) is 81.6 Å². The fourth-order valence-electron chi connectivity index (χ4n) is 2.75. The predicted octanol–water partition coefficient (Wildman–Crippen LogP) is 4.27. The van der Waals surface area contributed by atoms with Gasteiger partial charge < -0.3 is 10.1 Å². The lowest BCUT2D eigenvalue weighted by Crippen LogP contribution is -2.31. The van der Waals surface area contributed by atoms with Gasteiger partial charge in [-0.1, -0.05) is 12.1 Å². The molecule has 0 aliphatic heterocycles. The van der Waals surface area contributed by atoms with E-state index in [0.717, 1.165) is 27.9 Å². The van der Waals surface area contributed by atoms with Gasteiger partial charge in [0.05, 0.1) is 11.3 Å². The topological polar surface area (TPSA) is 73.2 Å². The highest BCUT2D eigenvalue weighted by molar-refractivity contribution is 5.94. The summed E-state index contributed by atoms with van der Waals surface area (Å²) in [6.07, 6.45) is -5.60. The van der Waals surface area contributed by atoms with E-state index in [1.807, 2.05) is 19.9 Å². The molecule has 1 atom stereocenters. The van der Waals surface area contributed by atoms with Crippen LogP contribution in [0.15, 0.2) is 59.4 Å². The third-order valence-electron chi connectivity index (χ3n) is 4.64. The van der Waals surface area contributed by atoms with Gasteiger partial charge in [0.25, 0.3) is 11.5 Å². The molecule has 0 fully saturated rings. The third-order valence-corrected chi connectivity index (χ3v) is 4.64. The van der Waals surface area contributed by atoms with Gasteiger partial charge in [-0.2, -0.15) is 17.9 Å². The Labute approximate surface area is 176 Å². The Morgan fingerprint density at radius 1 is 1.06 bits per heavy atom. The van der Waals surface area contributed by atoms with Gasteiger partial charge in [-0.3, -0.25) is 9.59 Å². The summed E-state index contributed by atoms with van der Waals surface area (Å²) in [6, 6.07) is 12.3. The van der Waals surface area contributed by atoms with Gasteiger partial charge in [0.2, 0.25) is 5.88 Å². The molecular formula is C22H20F3N3O3. The number of amides is 1. The number of hydrogen-bond donors (Lipinski definition) is 1. The summed E-state index contributed by atoms with van der Waals surface area (Å²) in [6.45, 7) is 5.28. The first-order valence-electron chi connectivity index (χ1n) is 9.37. The van der Waals surface area contributed by atoms with Crippen molar-refractivity contribution >= 4 is 11.6 Å². The molecule has 0 saturated heterocycles. The molecule has 1 aromatic heterocycles. The Bertz CT molecular complexity index is 1170. The average molecular weight is 431 g/mol. The molecule has 3 aromatic rings. The molecule has 0 radical (unpaired) electrons. The summed E-state index contributed by atoms with van der Waals surface area (Å²) >= 11 is 0. The molecule has 0 saturated carbocycles. The molecule has 31 heavy (non-hydrogen) atoms. The number of benzene rings is 2. The highest BCUT2D eigenvalue weighted by Gasteiger charge is 2.30. The summed E-state index contributed by atoms with van der Waals surface area (Å²) in [4.78, 5) is 24.6. The van der Waals surface area contributed by atoms with Crippen LogP contribution in [-0.4, -0.2) is 21.8 Å². The predicted molar refractivity (Wildman–Crippen MR) is 109 cm³/mol. The minimum atomic E-state index is -4.52. The molecule has 1 N–H and O–H groups in total. The summed E-state index contributed by atoms with van der Waals surface area (Å²) in [5, 5.41) is 6.53. The van der Waals surface area contributed by atoms with Crippen molar-refractivity contribution in [2.24, 2.45) is 0 Å². The molecule has 2 aromatic carbocycles. The second-order valence-electron chi connectivity index (χ2n) is 7.02. The molecule has 0 bridgehead atoms. The smallest absolute Gasteiger partial charge is 0.416 e. The third kappa shape index (κ3) is 5.30. The maximum Gasteiger partial charge on any atom is 0.416 e. The number of anilines is 1. The van der Waals surface area contributed by atoms with Gasteiger partial charge in [0, 0.05) is 17.8 Å². The van der Waals surface area contributed by atoms with Crippen LogP contribution >= 0.6 is 0 Å². The van der Waals surface area contributed by atoms with Crippen LogP contribution < -0.4 is 15.6 Å². The number of rotatable bonds is 5. The van der Waals surface area contributed by atoms with E-state index in [1.165, 1.54) is 31.2 Å². The van der Waals surface area contributed by atoms with Crippen molar-refractivity contribution < 1.29 is 22.7 Å². The van der Waals surface area contributed by atoms with Crippen LogP contribution in [-0.2, 0) is 11.0 Å². The molecule has 0 aliphatic carbocycles. The van der Waals surface area contributed by atoms with E-state index in [9.17, 15) is 22.8 Å². The highest BCUT2D eigenvalue weighted by atomic mass is 19.4. The number of alkyl halides is 3. The zero-order valence-corrected chi connectivity index (χ0v) is 17.0. The van der Waals surface area contributed by atoms with Gasteiger partial charge in [-0.15, -0.1) is 5.10 Å². The van der Waals surface area contributed by atoms with E-state index in [-0.39, 0.29) is 17.1 Å². The van der Waals surface area contributed by atoms with Crippen LogP contribution in [0.25, 0.3) is 5.69 Å². The lowest BCUT2D eigenvalue weighted by molar-refractivity contribution is -0.137. The van der Waals surface area contributed by atoms with E-state index < -0.39 is 23.8 Å². The number of hydrogen-bond acceptors (Lipinski definition) is 4. The van der Waals surface area contributed by atoms with Crippen molar-refractivity contribution in [2.45, 2.75) is 33.1 Å². The van der Waals surface area contributed by atoms with Crippen molar-refractivity contribution in [3.8, 4) is 11.6 Å². The van der Waals surface area contributed by atoms with E-state index >= 15 is 0 Å². The SMILES string of the molecule is Cc1ccc(-n2nc(O[C@@H](C)C(=O)Nc3cccc(C(F)(F)F)c3)ccc2=O)cc1C. The molecule has 162 valence electrons. The Hall–Kier alpha value is -3.62. The Morgan fingerprint density at radius 2 is 1.81 bits per heavy atom. The Kier molecular flexibility index (Phi) is 6.14. The molecule has 6 nitrogen and oxygen atoms in total. The van der Waals surface area contributed by atoms with Crippen LogP contribution in [0.5, 0.6) is 5.88 Å². The summed E-state index contributed by atoms with van der Waals surface area (Å²) < 4.78 is 45.2. The van der Waals surface area contributed by atoms with E-state index in [4.69, 9.17) is 4.74 Å². The second kappa shape index (κ2) is 8.63. The number of aromatic nitrogens is 2. The first kappa shape index (κ1) is 22.1. The normalized spacial score (nSPS) is 12.3. The molecule has 0 unspecified atom stereocenters. The Morgan fingerprint density at radius 3 is 2.48 bits per heavy atom. The van der Waals surface area contributed by atoms with Crippen molar-refractivity contribution in [3.63, 3.8) is 0 Å². The monoisotopic (exact) mass is 431 g/mol. The molecule has 9 heteroatoms. The summed E-state index contributed by atoms with van der Waals surface area (Å²) in [5.74, 6) is -0.644. The standard InChI is InChI=1S/C22H20F3N3O3/c1-13-7-8-18(11-14(13)2)28-20(29)10-9-19(27-28)31-15(3)21(30)26-17-6-4-5-16(12-17)22(23,24)25/h4-12,15H,1-3H3,(H,26,30)/t15-/m0/s1. The number of aryl methyl sites for hydroxylation is 2. The number of nitrogens with one attached hydrogen (secondary N) is 1. The van der Waals surface area contributed by atoms with E-state index in [0.29, 0.717) is 5.69 Å². The fraction of sp³-hybridized carbons (Fsp3) is 0.227. The average Bonchev–Trinajstić information content (AvgIpc) is 2.71. The maximum atomic E-state index is 12.8. The Balaban J connectivity index is 1.76. The summed E-state index contributed by atoms with van der Waals surface area (Å²) in [5.41, 5.74) is 1.32. The largest absolute Gasteiger partial charge is 0.463 e. The van der Waals surface area contributed by atoms with Gasteiger partial charge >= 0.3 is 6.18 Å². The van der Waals surface area contributed by atoms with Crippen LogP contribution in [0.3, 0.4) is 0 Å². The number of ether oxygens (including phenoxy) is 1. The van der Waals surface area contributed by atoms with Crippen molar-refractivity contribution in [1.82, 2.24) is 9.78 Å². The van der Waals surface area contributed by atoms with Crippen LogP contribution in [0.1, 0.15) is 23.6 Å². The second-order valence-corrected chi connectivity index (χ2v) is 7.02. The van der Waals surface area contributed by atoms with Crippen LogP contribution in [0, 0.1) is 13.8 Å². The lowest BCUT2D eigenvalue weighted by Gasteiger charge is -2.16. The van der Waals surface area contributed by atoms with Gasteiger partial charge in [0.15, 0.2) is 6.10 Å². The van der Waals surface area contributed by atoms with Gasteiger partial charge in [-0.25, -0.2) is 0 Å². The lowest BCUT2D eigenvalue weighted by atomic mass is 10.1. The van der Waals surface area contributed by atoms with Gasteiger partial charge in [-0.05, 0) is 62.2 Å². The van der Waals surface area contributed by atoms with Crippen LogP contribution in [0.2, 0.25) is 0 Å².